The minimum absolute atomic E-state index is 0.0751. The molecule has 0 radical (unpaired) electrons. The molecule has 1 aliphatic heterocycles. The van der Waals surface area contributed by atoms with E-state index in [1.54, 1.807) is 60.5 Å². The number of methoxy groups -OCH3 is 1. The number of amidine groups is 1. The Morgan fingerprint density at radius 2 is 1.89 bits per heavy atom. The Bertz CT molecular complexity index is 885. The molecule has 0 saturated carbocycles. The number of rotatable bonds is 6. The van der Waals surface area contributed by atoms with Crippen molar-refractivity contribution in [3.8, 4) is 5.75 Å². The molecule has 0 aliphatic carbocycles. The number of halogens is 1. The summed E-state index contributed by atoms with van der Waals surface area (Å²) in [6, 6.07) is 14.1. The van der Waals surface area contributed by atoms with E-state index >= 15 is 0 Å². The van der Waals surface area contributed by atoms with E-state index in [-0.39, 0.29) is 18.2 Å². The summed E-state index contributed by atoms with van der Waals surface area (Å²) in [5, 5.41) is 3.53. The van der Waals surface area contributed by atoms with Gasteiger partial charge in [-0.15, -0.1) is 0 Å². The van der Waals surface area contributed by atoms with Gasteiger partial charge in [0.25, 0.3) is 0 Å². The van der Waals surface area contributed by atoms with Crippen molar-refractivity contribution < 1.29 is 14.3 Å². The van der Waals surface area contributed by atoms with Crippen LogP contribution < -0.4 is 10.1 Å². The zero-order valence-electron chi connectivity index (χ0n) is 15.5. The van der Waals surface area contributed by atoms with Crippen molar-refractivity contribution in [1.82, 2.24) is 4.90 Å². The summed E-state index contributed by atoms with van der Waals surface area (Å²) in [6.45, 7) is 2.38. The summed E-state index contributed by atoms with van der Waals surface area (Å²) in [7, 11) is 1.58. The van der Waals surface area contributed by atoms with E-state index in [9.17, 15) is 9.59 Å². The van der Waals surface area contributed by atoms with E-state index in [0.717, 1.165) is 0 Å². The van der Waals surface area contributed by atoms with E-state index in [1.165, 1.54) is 11.8 Å². The maximum absolute atomic E-state index is 12.7. The van der Waals surface area contributed by atoms with Crippen LogP contribution in [0, 0.1) is 0 Å². The first kappa shape index (κ1) is 20.2. The van der Waals surface area contributed by atoms with Gasteiger partial charge in [0.1, 0.15) is 11.0 Å². The summed E-state index contributed by atoms with van der Waals surface area (Å²) in [6.07, 6.45) is 0.0751. The molecular formula is C20H20ClN3O3S. The Labute approximate surface area is 172 Å². The number of amides is 2. The highest BCUT2D eigenvalue weighted by Gasteiger charge is 2.38. The molecule has 1 fully saturated rings. The van der Waals surface area contributed by atoms with Crippen molar-refractivity contribution >= 4 is 51.7 Å². The van der Waals surface area contributed by atoms with Crippen LogP contribution in [0.15, 0.2) is 53.5 Å². The smallest absolute Gasteiger partial charge is 0.242 e. The van der Waals surface area contributed by atoms with Crippen LogP contribution in [0.25, 0.3) is 0 Å². The highest BCUT2D eigenvalue weighted by molar-refractivity contribution is 8.15. The largest absolute Gasteiger partial charge is 0.497 e. The zero-order chi connectivity index (χ0) is 20.1. The van der Waals surface area contributed by atoms with Gasteiger partial charge in [-0.3, -0.25) is 14.5 Å². The van der Waals surface area contributed by atoms with Crippen LogP contribution in [0.5, 0.6) is 5.75 Å². The molecule has 8 heteroatoms. The average Bonchev–Trinajstić information content (AvgIpc) is 2.98. The monoisotopic (exact) mass is 417 g/mol. The molecule has 1 aliphatic rings. The second-order valence-electron chi connectivity index (χ2n) is 6.04. The van der Waals surface area contributed by atoms with Crippen LogP contribution in [-0.2, 0) is 9.59 Å². The van der Waals surface area contributed by atoms with Crippen molar-refractivity contribution in [2.24, 2.45) is 4.99 Å². The maximum Gasteiger partial charge on any atom is 0.242 e. The van der Waals surface area contributed by atoms with Crippen LogP contribution in [0.3, 0.4) is 0 Å². The van der Waals surface area contributed by atoms with Gasteiger partial charge in [0.15, 0.2) is 5.17 Å². The summed E-state index contributed by atoms with van der Waals surface area (Å²) >= 11 is 7.21. The second kappa shape index (κ2) is 9.12. The van der Waals surface area contributed by atoms with E-state index in [1.807, 2.05) is 6.92 Å². The number of benzene rings is 2. The zero-order valence-corrected chi connectivity index (χ0v) is 17.1. The second-order valence-corrected chi connectivity index (χ2v) is 7.65. The Kier molecular flexibility index (Phi) is 6.59. The van der Waals surface area contributed by atoms with E-state index in [0.29, 0.717) is 33.9 Å². The predicted octanol–water partition coefficient (Wildman–Crippen LogP) is 4.33. The molecule has 0 bridgehead atoms. The SMILES string of the molecule is CCN1C(=O)C(CC(=O)Nc2ccc(OC)cc2)SC1=Nc1ccc(Cl)cc1. The van der Waals surface area contributed by atoms with Crippen molar-refractivity contribution in [1.29, 1.82) is 0 Å². The number of hydrogen-bond acceptors (Lipinski definition) is 5. The summed E-state index contributed by atoms with van der Waals surface area (Å²) in [4.78, 5) is 31.2. The Morgan fingerprint density at radius 1 is 1.21 bits per heavy atom. The number of nitrogens with one attached hydrogen (secondary N) is 1. The summed E-state index contributed by atoms with van der Waals surface area (Å²) in [5.41, 5.74) is 1.37. The fraction of sp³-hybridized carbons (Fsp3) is 0.250. The minimum atomic E-state index is -0.496. The van der Waals surface area contributed by atoms with Gasteiger partial charge >= 0.3 is 0 Å². The third kappa shape index (κ3) is 4.85. The molecule has 1 N–H and O–H groups in total. The molecule has 2 amide bonds. The molecule has 28 heavy (non-hydrogen) atoms. The third-order valence-electron chi connectivity index (χ3n) is 4.13. The van der Waals surface area contributed by atoms with Crippen LogP contribution in [0.4, 0.5) is 11.4 Å². The van der Waals surface area contributed by atoms with Gasteiger partial charge in [0, 0.05) is 23.7 Å². The number of carbonyl (C=O) groups excluding carboxylic acids is 2. The highest BCUT2D eigenvalue weighted by atomic mass is 35.5. The van der Waals surface area contributed by atoms with Gasteiger partial charge in [0.05, 0.1) is 12.8 Å². The summed E-state index contributed by atoms with van der Waals surface area (Å²) in [5.74, 6) is 0.381. The fourth-order valence-corrected chi connectivity index (χ4v) is 4.04. The number of ether oxygens (including phenoxy) is 1. The van der Waals surface area contributed by atoms with Crippen LogP contribution in [-0.4, -0.2) is 40.8 Å². The third-order valence-corrected chi connectivity index (χ3v) is 5.56. The van der Waals surface area contributed by atoms with Crippen LogP contribution in [0.1, 0.15) is 13.3 Å². The van der Waals surface area contributed by atoms with Crippen molar-refractivity contribution in [2.45, 2.75) is 18.6 Å². The molecule has 1 atom stereocenters. The molecule has 2 aromatic carbocycles. The average molecular weight is 418 g/mol. The molecule has 146 valence electrons. The van der Waals surface area contributed by atoms with Gasteiger partial charge in [-0.05, 0) is 55.5 Å². The first-order valence-electron chi connectivity index (χ1n) is 8.76. The summed E-state index contributed by atoms with van der Waals surface area (Å²) < 4.78 is 5.10. The van der Waals surface area contributed by atoms with Crippen molar-refractivity contribution in [2.75, 3.05) is 19.0 Å². The topological polar surface area (TPSA) is 71.0 Å². The van der Waals surface area contributed by atoms with Gasteiger partial charge in [-0.25, -0.2) is 4.99 Å². The molecule has 1 saturated heterocycles. The van der Waals surface area contributed by atoms with Crippen molar-refractivity contribution in [3.05, 3.63) is 53.6 Å². The Hall–Kier alpha value is -2.51. The lowest BCUT2D eigenvalue weighted by Gasteiger charge is -2.13. The normalized spacial score (nSPS) is 17.8. The Balaban J connectivity index is 1.67. The number of hydrogen-bond donors (Lipinski definition) is 1. The van der Waals surface area contributed by atoms with Crippen LogP contribution >= 0.6 is 23.4 Å². The van der Waals surface area contributed by atoms with Gasteiger partial charge in [-0.1, -0.05) is 23.4 Å². The van der Waals surface area contributed by atoms with E-state index in [4.69, 9.17) is 16.3 Å². The number of aliphatic imine (C=N–C) groups is 1. The van der Waals surface area contributed by atoms with Gasteiger partial charge in [-0.2, -0.15) is 0 Å². The fourth-order valence-electron chi connectivity index (χ4n) is 2.70. The molecule has 6 nitrogen and oxygen atoms in total. The quantitative estimate of drug-likeness (QED) is 0.759. The number of carbonyl (C=O) groups is 2. The molecule has 0 spiro atoms. The molecule has 1 heterocycles. The Morgan fingerprint density at radius 3 is 2.50 bits per heavy atom. The van der Waals surface area contributed by atoms with E-state index in [2.05, 4.69) is 10.3 Å². The van der Waals surface area contributed by atoms with Gasteiger partial charge < -0.3 is 10.1 Å². The standard InChI is InChI=1S/C20H20ClN3O3S/c1-3-24-19(26)17(28-20(24)23-15-6-4-13(21)5-7-15)12-18(25)22-14-8-10-16(27-2)11-9-14/h4-11,17H,3,12H2,1-2H3,(H,22,25). The van der Waals surface area contributed by atoms with Crippen molar-refractivity contribution in [3.63, 3.8) is 0 Å². The number of anilines is 1. The number of thioether (sulfide) groups is 1. The molecule has 1 unspecified atom stereocenters. The minimum Gasteiger partial charge on any atom is -0.497 e. The first-order valence-corrected chi connectivity index (χ1v) is 10.0. The molecule has 0 aromatic heterocycles. The van der Waals surface area contributed by atoms with Gasteiger partial charge in [0.2, 0.25) is 11.8 Å². The molecule has 3 rings (SSSR count). The lowest BCUT2D eigenvalue weighted by Crippen LogP contribution is -2.33. The first-order chi connectivity index (χ1) is 13.5. The maximum atomic E-state index is 12.7. The lowest BCUT2D eigenvalue weighted by atomic mass is 10.2. The highest BCUT2D eigenvalue weighted by Crippen LogP contribution is 2.32. The van der Waals surface area contributed by atoms with Crippen LogP contribution in [0.2, 0.25) is 5.02 Å². The predicted molar refractivity (Wildman–Crippen MR) is 114 cm³/mol. The molecule has 2 aromatic rings. The van der Waals surface area contributed by atoms with E-state index < -0.39 is 5.25 Å². The number of nitrogens with zero attached hydrogens (tertiary/aromatic N) is 2. The lowest BCUT2D eigenvalue weighted by molar-refractivity contribution is -0.128. The molecular weight excluding hydrogens is 398 g/mol.